The maximum atomic E-state index is 7.97. The lowest BCUT2D eigenvalue weighted by atomic mass is 14.0. The molecule has 1 atom stereocenters. The molecule has 0 saturated heterocycles. The molecule has 0 aliphatic rings. The van der Waals surface area contributed by atoms with Gasteiger partial charge in [0.2, 0.25) is 0 Å². The molecule has 1 nitrogen and oxygen atoms in total. The van der Waals surface area contributed by atoms with Crippen LogP contribution in [0.3, 0.4) is 0 Å². The first-order chi connectivity index (χ1) is 1.73. The first kappa shape index (κ1) is 5.09. The molecule has 0 fully saturated rings. The molecule has 0 rings (SSSR count). The molecule has 0 aliphatic carbocycles. The highest BCUT2D eigenvalue weighted by Crippen LogP contribution is 2.31. The van der Waals surface area contributed by atoms with Crippen molar-refractivity contribution in [3.8, 4) is 0 Å². The lowest BCUT2D eigenvalue weighted by Crippen LogP contribution is -0.812. The number of hydrogen-bond donors (Lipinski definition) is 1. The van der Waals surface area contributed by atoms with Gasteiger partial charge in [0.25, 0.3) is 0 Å². The zero-order valence-electron chi connectivity index (χ0n) is 1.72. The Balaban J connectivity index is 3.02. The third kappa shape index (κ3) is 11.4. The molecule has 4 heavy (non-hydrogen) atoms. The van der Waals surface area contributed by atoms with Crippen LogP contribution in [0, 0.1) is 5.00 Å². The van der Waals surface area contributed by atoms with Crippen LogP contribution in [0.25, 0.3) is 0 Å². The molecule has 0 bridgehead atoms. The molecule has 0 saturated carbocycles. The predicted octanol–water partition coefficient (Wildman–Crippen LogP) is 2.14. The van der Waals surface area contributed by atoms with Crippen LogP contribution in [0.2, 0.25) is 0 Å². The van der Waals surface area contributed by atoms with Crippen LogP contribution in [-0.4, -0.2) is 0 Å². The van der Waals surface area contributed by atoms with Gasteiger partial charge in [-0.3, -0.25) is 0 Å². The van der Waals surface area contributed by atoms with Crippen molar-refractivity contribution in [2.24, 2.45) is 0 Å². The first-order valence-corrected chi connectivity index (χ1v) is 5.80. The molecule has 0 amide bonds. The minimum absolute atomic E-state index is 0.956. The van der Waals surface area contributed by atoms with Crippen LogP contribution in [0.4, 0.5) is 0 Å². The smallest absolute Gasteiger partial charge is 0.164 e. The molecule has 0 aromatic rings. The second-order valence-corrected chi connectivity index (χ2v) is 6.89. The fourth-order valence-electron chi connectivity index (χ4n) is 0. The lowest BCUT2D eigenvalue weighted by Gasteiger charge is -1.48. The van der Waals surface area contributed by atoms with Gasteiger partial charge in [-0.25, -0.2) is 5.00 Å². The molecular weight excluding hydrogens is 204 g/mol. The molecule has 0 radical (unpaired) electrons. The second-order valence-electron chi connectivity index (χ2n) is 0.241. The summed E-state index contributed by atoms with van der Waals surface area (Å²) in [5, 5.41) is 7.97. The van der Waals surface area contributed by atoms with E-state index in [0.29, 0.717) is 0 Å². The molecule has 0 aliphatic heterocycles. The average molecular weight is 205 g/mol. The Labute approximate surface area is 43.8 Å². The SMILES string of the molecule is N#P(S)I. The Kier molecular flexibility index (Phi) is 2.97. The average Bonchev–Trinajstić information content (AvgIpc) is 0.811. The normalized spacial score (nSPS) is 10.8. The Morgan fingerprint density at radius 2 is 2.00 bits per heavy atom. The van der Waals surface area contributed by atoms with E-state index in [2.05, 4.69) is 12.2 Å². The van der Waals surface area contributed by atoms with Gasteiger partial charge in [0.15, 0.2) is 4.40 Å². The quantitative estimate of drug-likeness (QED) is 0.365. The summed E-state index contributed by atoms with van der Waals surface area (Å²) in [6.45, 7) is 0. The summed E-state index contributed by atoms with van der Waals surface area (Å²) < 4.78 is -0.956. The van der Waals surface area contributed by atoms with Gasteiger partial charge in [0.05, 0.1) is 0 Å². The summed E-state index contributed by atoms with van der Waals surface area (Å²) in [7, 11) is 0. The van der Waals surface area contributed by atoms with Gasteiger partial charge in [-0.15, -0.1) is 0 Å². The van der Waals surface area contributed by atoms with E-state index in [9.17, 15) is 0 Å². The van der Waals surface area contributed by atoms with Gasteiger partial charge in [0, 0.05) is 22.0 Å². The maximum absolute atomic E-state index is 7.97. The summed E-state index contributed by atoms with van der Waals surface area (Å²) in [5.41, 5.74) is 0. The van der Waals surface area contributed by atoms with Crippen LogP contribution in [-0.2, 0) is 0 Å². The Morgan fingerprint density at radius 3 is 2.00 bits per heavy atom. The van der Waals surface area contributed by atoms with Crippen molar-refractivity contribution >= 4 is 38.7 Å². The molecule has 1 unspecified atom stereocenters. The molecule has 4 heteroatoms. The molecule has 0 aromatic heterocycles. The Morgan fingerprint density at radius 1 is 2.00 bits per heavy atom. The topological polar surface area (TPSA) is 23.8 Å². The molecule has 0 spiro atoms. The highest BCUT2D eigenvalue weighted by Gasteiger charge is 1.59. The lowest BCUT2D eigenvalue weighted by molar-refractivity contribution is 1.66. The number of nitrogens with zero attached hydrogens (tertiary/aromatic N) is 1. The summed E-state index contributed by atoms with van der Waals surface area (Å²) >= 11 is 5.40. The van der Waals surface area contributed by atoms with Crippen molar-refractivity contribution in [2.75, 3.05) is 0 Å². The summed E-state index contributed by atoms with van der Waals surface area (Å²) in [5.74, 6) is 0. The van der Waals surface area contributed by atoms with Gasteiger partial charge in [-0.05, 0) is 0 Å². The number of rotatable bonds is 0. The van der Waals surface area contributed by atoms with Crippen molar-refractivity contribution < 1.29 is 0 Å². The molecule has 24 valence electrons. The highest BCUT2D eigenvalue weighted by molar-refractivity contribution is 14.2. The minimum atomic E-state index is -0.956. The molecule has 0 N–H and O–H groups in total. The standard InChI is InChI=1S/HINPS/c1-3(2)4/h4H. The fraction of sp³-hybridized carbons (Fsp3) is 0. The van der Waals surface area contributed by atoms with Gasteiger partial charge >= 0.3 is 0 Å². The van der Waals surface area contributed by atoms with Crippen LogP contribution in [0.15, 0.2) is 0 Å². The minimum Gasteiger partial charge on any atom is -0.222 e. The zero-order valence-corrected chi connectivity index (χ0v) is 5.67. The van der Waals surface area contributed by atoms with Crippen LogP contribution >= 0.6 is 38.7 Å². The summed E-state index contributed by atoms with van der Waals surface area (Å²) in [6, 6.07) is 0. The highest BCUT2D eigenvalue weighted by atomic mass is 127. The van der Waals surface area contributed by atoms with Crippen molar-refractivity contribution in [1.82, 2.24) is 0 Å². The number of hydrogen-bond acceptors (Lipinski definition) is 2. The summed E-state index contributed by atoms with van der Waals surface area (Å²) in [6.07, 6.45) is 0. The van der Waals surface area contributed by atoms with Gasteiger partial charge in [-0.1, -0.05) is 12.2 Å². The molecule has 0 aromatic carbocycles. The van der Waals surface area contributed by atoms with Crippen LogP contribution < -0.4 is 0 Å². The van der Waals surface area contributed by atoms with E-state index in [1.54, 1.807) is 0 Å². The van der Waals surface area contributed by atoms with Gasteiger partial charge in [-0.2, -0.15) is 0 Å². The molecule has 0 heterocycles. The monoisotopic (exact) mass is 205 g/mol. The predicted molar refractivity (Wildman–Crippen MR) is 31.7 cm³/mol. The van der Waals surface area contributed by atoms with E-state index in [0.717, 1.165) is 0 Å². The number of thiol groups is 1. The third-order valence-corrected chi connectivity index (χ3v) is 0. The van der Waals surface area contributed by atoms with Gasteiger partial charge in [0.1, 0.15) is 0 Å². The largest absolute Gasteiger partial charge is 0.222 e. The van der Waals surface area contributed by atoms with Crippen molar-refractivity contribution in [1.29, 1.82) is 5.00 Å². The van der Waals surface area contributed by atoms with Crippen LogP contribution in [0.5, 0.6) is 0 Å². The van der Waals surface area contributed by atoms with Crippen molar-refractivity contribution in [2.45, 2.75) is 0 Å². The van der Waals surface area contributed by atoms with E-state index in [-0.39, 0.29) is 0 Å². The fourth-order valence-corrected chi connectivity index (χ4v) is 0. The van der Waals surface area contributed by atoms with E-state index in [1.165, 1.54) is 0 Å². The summed E-state index contributed by atoms with van der Waals surface area (Å²) in [4.78, 5) is 0. The van der Waals surface area contributed by atoms with E-state index < -0.39 is 4.40 Å². The van der Waals surface area contributed by atoms with E-state index >= 15 is 0 Å². The number of halogens is 1. The third-order valence-electron chi connectivity index (χ3n) is 0. The molecular formula is HINPS. The Hall–Kier alpha value is 1.09. The van der Waals surface area contributed by atoms with Gasteiger partial charge < -0.3 is 0 Å². The maximum Gasteiger partial charge on any atom is 0.164 e. The van der Waals surface area contributed by atoms with Crippen LogP contribution in [0.1, 0.15) is 0 Å². The van der Waals surface area contributed by atoms with E-state index in [1.807, 2.05) is 22.0 Å². The Bertz CT molecular complexity index is 54.2. The van der Waals surface area contributed by atoms with Crippen molar-refractivity contribution in [3.63, 3.8) is 0 Å². The van der Waals surface area contributed by atoms with Crippen molar-refractivity contribution in [3.05, 3.63) is 0 Å². The second kappa shape index (κ2) is 2.33. The van der Waals surface area contributed by atoms with E-state index in [4.69, 9.17) is 5.00 Å². The zero-order chi connectivity index (χ0) is 3.58. The first-order valence-electron chi connectivity index (χ1n) is 0.569.